The van der Waals surface area contributed by atoms with Gasteiger partial charge in [0.2, 0.25) is 0 Å². The highest BCUT2D eigenvalue weighted by atomic mass is 16.5. The minimum Gasteiger partial charge on any atom is -0.496 e. The van der Waals surface area contributed by atoms with Crippen LogP contribution in [0.15, 0.2) is 30.3 Å². The summed E-state index contributed by atoms with van der Waals surface area (Å²) < 4.78 is 17.3. The van der Waals surface area contributed by atoms with Gasteiger partial charge in [0.15, 0.2) is 0 Å². The van der Waals surface area contributed by atoms with Crippen LogP contribution in [-0.4, -0.2) is 50.0 Å². The van der Waals surface area contributed by atoms with Crippen LogP contribution in [0, 0.1) is 6.92 Å². The lowest BCUT2D eigenvalue weighted by atomic mass is 9.94. The summed E-state index contributed by atoms with van der Waals surface area (Å²) in [6.45, 7) is 4.60. The van der Waals surface area contributed by atoms with Crippen LogP contribution in [0.5, 0.6) is 17.2 Å². The summed E-state index contributed by atoms with van der Waals surface area (Å²) in [5, 5.41) is 10.9. The van der Waals surface area contributed by atoms with Gasteiger partial charge in [-0.3, -0.25) is 4.90 Å². The lowest BCUT2D eigenvalue weighted by molar-refractivity contribution is 0.0140. The van der Waals surface area contributed by atoms with Crippen LogP contribution >= 0.6 is 0 Å². The Balaban J connectivity index is 1.71. The number of aryl methyl sites for hydroxylation is 1. The smallest absolute Gasteiger partial charge is 0.130 e. The van der Waals surface area contributed by atoms with Crippen LogP contribution in [0.4, 0.5) is 0 Å². The van der Waals surface area contributed by atoms with E-state index in [4.69, 9.17) is 14.2 Å². The first kappa shape index (κ1) is 18.1. The van der Waals surface area contributed by atoms with Crippen LogP contribution in [0.3, 0.4) is 0 Å². The van der Waals surface area contributed by atoms with Gasteiger partial charge in [-0.15, -0.1) is 0 Å². The number of methoxy groups -OCH3 is 2. The average Bonchev–Trinajstić information content (AvgIpc) is 3.21. The number of rotatable bonds is 4. The number of hydrogen-bond donors (Lipinski definition) is 1. The molecule has 2 aliphatic heterocycles. The Morgan fingerprint density at radius 3 is 2.33 bits per heavy atom. The second-order valence-corrected chi connectivity index (χ2v) is 7.36. The second kappa shape index (κ2) is 7.41. The van der Waals surface area contributed by atoms with Crippen molar-refractivity contribution in [2.45, 2.75) is 31.9 Å². The van der Waals surface area contributed by atoms with E-state index < -0.39 is 6.10 Å². The number of fused-ring (bicyclic) bond motifs is 1. The molecule has 1 saturated heterocycles. The summed E-state index contributed by atoms with van der Waals surface area (Å²) in [7, 11) is 3.33. The number of ether oxygens (including phenoxy) is 3. The fraction of sp³-hybridized carbons (Fsp3) is 0.455. The van der Waals surface area contributed by atoms with Crippen molar-refractivity contribution in [1.82, 2.24) is 4.90 Å². The number of benzene rings is 2. The maximum atomic E-state index is 10.9. The van der Waals surface area contributed by atoms with Crippen LogP contribution in [0.25, 0.3) is 11.1 Å². The summed E-state index contributed by atoms with van der Waals surface area (Å²) in [5.74, 6) is 2.26. The number of aliphatic hydroxyl groups is 1. The second-order valence-electron chi connectivity index (χ2n) is 7.36. The molecule has 0 unspecified atom stereocenters. The van der Waals surface area contributed by atoms with Gasteiger partial charge in [0.1, 0.15) is 30.0 Å². The van der Waals surface area contributed by atoms with Crippen molar-refractivity contribution < 1.29 is 19.3 Å². The normalized spacial score (nSPS) is 22.2. The predicted molar refractivity (Wildman–Crippen MR) is 105 cm³/mol. The molecule has 2 aromatic carbocycles. The van der Waals surface area contributed by atoms with Gasteiger partial charge in [0, 0.05) is 5.56 Å². The number of likely N-dealkylation sites (tertiary alicyclic amines) is 1. The zero-order valence-electron chi connectivity index (χ0n) is 16.2. The molecule has 4 rings (SSSR count). The third-order valence-electron chi connectivity index (χ3n) is 5.65. The minimum atomic E-state index is -0.525. The molecule has 144 valence electrons. The SMILES string of the molecule is COc1cc(C)cc(OC)c1-c1ccc2c(c1)OC[C@@H](N1CCCC1)[C@@H]2O. The van der Waals surface area contributed by atoms with Gasteiger partial charge in [-0.1, -0.05) is 12.1 Å². The molecule has 0 saturated carbocycles. The van der Waals surface area contributed by atoms with Crippen molar-refractivity contribution in [3.8, 4) is 28.4 Å². The van der Waals surface area contributed by atoms with Gasteiger partial charge in [0.05, 0.1) is 25.8 Å². The summed E-state index contributed by atoms with van der Waals surface area (Å²) >= 11 is 0. The van der Waals surface area contributed by atoms with Crippen LogP contribution < -0.4 is 14.2 Å². The highest BCUT2D eigenvalue weighted by Crippen LogP contribution is 2.43. The monoisotopic (exact) mass is 369 g/mol. The number of aliphatic hydroxyl groups excluding tert-OH is 1. The molecule has 1 N–H and O–H groups in total. The molecule has 0 radical (unpaired) electrons. The molecular formula is C22H27NO4. The Morgan fingerprint density at radius 2 is 1.70 bits per heavy atom. The third-order valence-corrected chi connectivity index (χ3v) is 5.65. The molecule has 0 aromatic heterocycles. The quantitative estimate of drug-likeness (QED) is 0.893. The Bertz CT molecular complexity index is 804. The topological polar surface area (TPSA) is 51.2 Å². The largest absolute Gasteiger partial charge is 0.496 e. The van der Waals surface area contributed by atoms with Gasteiger partial charge >= 0.3 is 0 Å². The zero-order valence-corrected chi connectivity index (χ0v) is 16.2. The Hall–Kier alpha value is -2.24. The highest BCUT2D eigenvalue weighted by Gasteiger charge is 2.35. The van der Waals surface area contributed by atoms with Gasteiger partial charge < -0.3 is 19.3 Å². The first-order chi connectivity index (χ1) is 13.1. The summed E-state index contributed by atoms with van der Waals surface area (Å²) in [6.07, 6.45) is 1.87. The van der Waals surface area contributed by atoms with E-state index in [1.165, 1.54) is 12.8 Å². The van der Waals surface area contributed by atoms with Crippen molar-refractivity contribution in [3.05, 3.63) is 41.5 Å². The maximum absolute atomic E-state index is 10.9. The summed E-state index contributed by atoms with van der Waals surface area (Å²) in [4.78, 5) is 2.34. The van der Waals surface area contributed by atoms with Gasteiger partial charge in [-0.2, -0.15) is 0 Å². The molecule has 27 heavy (non-hydrogen) atoms. The van der Waals surface area contributed by atoms with E-state index in [0.717, 1.165) is 52.6 Å². The standard InChI is InChI=1S/C22H27NO4/c1-14-10-19(25-2)21(20(11-14)26-3)15-6-7-16-18(12-15)27-13-17(22(16)24)23-8-4-5-9-23/h6-7,10-12,17,22,24H,4-5,8-9,13H2,1-3H3/t17-,22-/m1/s1. The molecule has 2 atom stereocenters. The van der Waals surface area contributed by atoms with Crippen LogP contribution in [0.1, 0.15) is 30.1 Å². The van der Waals surface area contributed by atoms with E-state index in [-0.39, 0.29) is 6.04 Å². The Kier molecular flexibility index (Phi) is 4.98. The molecule has 0 spiro atoms. The molecule has 5 heteroatoms. The molecule has 0 aliphatic carbocycles. The molecule has 5 nitrogen and oxygen atoms in total. The zero-order chi connectivity index (χ0) is 19.0. The Labute approximate surface area is 160 Å². The van der Waals surface area contributed by atoms with E-state index in [1.54, 1.807) is 14.2 Å². The Morgan fingerprint density at radius 1 is 1.04 bits per heavy atom. The van der Waals surface area contributed by atoms with E-state index in [1.807, 2.05) is 37.3 Å². The van der Waals surface area contributed by atoms with Crippen LogP contribution in [0.2, 0.25) is 0 Å². The van der Waals surface area contributed by atoms with E-state index in [2.05, 4.69) is 4.90 Å². The van der Waals surface area contributed by atoms with Crippen molar-refractivity contribution in [3.63, 3.8) is 0 Å². The van der Waals surface area contributed by atoms with Gasteiger partial charge in [0.25, 0.3) is 0 Å². The fourth-order valence-electron chi connectivity index (χ4n) is 4.24. The molecule has 1 fully saturated rings. The third kappa shape index (κ3) is 3.26. The lowest BCUT2D eigenvalue weighted by Crippen LogP contribution is -2.44. The first-order valence-electron chi connectivity index (χ1n) is 9.54. The fourth-order valence-corrected chi connectivity index (χ4v) is 4.24. The van der Waals surface area contributed by atoms with E-state index >= 15 is 0 Å². The molecule has 2 aromatic rings. The van der Waals surface area contributed by atoms with E-state index in [9.17, 15) is 5.11 Å². The molecule has 0 amide bonds. The van der Waals surface area contributed by atoms with Crippen molar-refractivity contribution in [2.24, 2.45) is 0 Å². The summed E-state index contributed by atoms with van der Waals surface area (Å²) in [6, 6.07) is 9.99. The molecular weight excluding hydrogens is 342 g/mol. The van der Waals surface area contributed by atoms with Gasteiger partial charge in [-0.25, -0.2) is 0 Å². The maximum Gasteiger partial charge on any atom is 0.130 e. The minimum absolute atomic E-state index is 0.0364. The van der Waals surface area contributed by atoms with E-state index in [0.29, 0.717) is 6.61 Å². The van der Waals surface area contributed by atoms with Crippen LogP contribution in [-0.2, 0) is 0 Å². The molecule has 2 heterocycles. The van der Waals surface area contributed by atoms with Crippen molar-refractivity contribution in [1.29, 1.82) is 0 Å². The number of hydrogen-bond acceptors (Lipinski definition) is 5. The lowest BCUT2D eigenvalue weighted by Gasteiger charge is -2.36. The average molecular weight is 369 g/mol. The van der Waals surface area contributed by atoms with Crippen molar-refractivity contribution >= 4 is 0 Å². The molecule has 0 bridgehead atoms. The number of nitrogens with zero attached hydrogens (tertiary/aromatic N) is 1. The molecule has 2 aliphatic rings. The first-order valence-corrected chi connectivity index (χ1v) is 9.54. The highest BCUT2D eigenvalue weighted by molar-refractivity contribution is 5.79. The van der Waals surface area contributed by atoms with Gasteiger partial charge in [-0.05, 0) is 62.2 Å². The summed E-state index contributed by atoms with van der Waals surface area (Å²) in [5.41, 5.74) is 3.78. The van der Waals surface area contributed by atoms with Crippen molar-refractivity contribution in [2.75, 3.05) is 33.9 Å². The predicted octanol–water partition coefficient (Wildman–Crippen LogP) is 3.57.